The maximum atomic E-state index is 14.3. The number of nitriles is 1. The molecule has 1 saturated heterocycles. The van der Waals surface area contributed by atoms with Gasteiger partial charge in [-0.05, 0) is 37.4 Å². The summed E-state index contributed by atoms with van der Waals surface area (Å²) in [5, 5.41) is 12.7. The SMILES string of the molecule is N#Cc1ccc2n1-c1c(F)cccc1OC21CCNCC1. The Morgan fingerprint density at radius 3 is 2.81 bits per heavy atom. The Morgan fingerprint density at radius 1 is 1.24 bits per heavy atom. The number of hydrogen-bond acceptors (Lipinski definition) is 3. The maximum absolute atomic E-state index is 14.3. The van der Waals surface area contributed by atoms with Crippen molar-refractivity contribution in [2.75, 3.05) is 13.1 Å². The minimum absolute atomic E-state index is 0.346. The van der Waals surface area contributed by atoms with Crippen LogP contribution in [-0.4, -0.2) is 17.7 Å². The minimum atomic E-state index is -0.471. The Labute approximate surface area is 121 Å². The van der Waals surface area contributed by atoms with E-state index in [0.29, 0.717) is 17.1 Å². The molecule has 0 atom stereocenters. The van der Waals surface area contributed by atoms with Gasteiger partial charge in [-0.2, -0.15) is 5.26 Å². The molecule has 0 saturated carbocycles. The molecular formula is C16H14FN3O. The molecule has 4 nitrogen and oxygen atoms in total. The molecule has 21 heavy (non-hydrogen) atoms. The van der Waals surface area contributed by atoms with Gasteiger partial charge in [0.25, 0.3) is 0 Å². The number of para-hydroxylation sites is 1. The number of aromatic nitrogens is 1. The van der Waals surface area contributed by atoms with Crippen LogP contribution in [0.3, 0.4) is 0 Å². The average molecular weight is 283 g/mol. The zero-order valence-electron chi connectivity index (χ0n) is 11.4. The fourth-order valence-electron chi connectivity index (χ4n) is 3.37. The van der Waals surface area contributed by atoms with E-state index in [1.165, 1.54) is 6.07 Å². The summed E-state index contributed by atoms with van der Waals surface area (Å²) in [5.74, 6) is 0.141. The average Bonchev–Trinajstić information content (AvgIpc) is 2.93. The van der Waals surface area contributed by atoms with Crippen LogP contribution in [-0.2, 0) is 5.60 Å². The number of ether oxygens (including phenoxy) is 1. The highest BCUT2D eigenvalue weighted by molar-refractivity contribution is 5.56. The quantitative estimate of drug-likeness (QED) is 0.808. The third-order valence-corrected chi connectivity index (χ3v) is 4.35. The predicted molar refractivity (Wildman–Crippen MR) is 74.9 cm³/mol. The van der Waals surface area contributed by atoms with Gasteiger partial charge in [-0.25, -0.2) is 4.39 Å². The van der Waals surface area contributed by atoms with Gasteiger partial charge in [0.15, 0.2) is 11.4 Å². The largest absolute Gasteiger partial charge is 0.479 e. The van der Waals surface area contributed by atoms with Gasteiger partial charge in [-0.3, -0.25) is 4.57 Å². The summed E-state index contributed by atoms with van der Waals surface area (Å²) in [6.07, 6.45) is 1.61. The lowest BCUT2D eigenvalue weighted by Crippen LogP contribution is -2.47. The zero-order valence-corrected chi connectivity index (χ0v) is 11.4. The number of fused-ring (bicyclic) bond motifs is 4. The highest BCUT2D eigenvalue weighted by Gasteiger charge is 2.43. The van der Waals surface area contributed by atoms with Crippen LogP contribution in [0, 0.1) is 17.1 Å². The zero-order chi connectivity index (χ0) is 14.4. The van der Waals surface area contributed by atoms with Gasteiger partial charge < -0.3 is 10.1 Å². The fourth-order valence-corrected chi connectivity index (χ4v) is 3.37. The Balaban J connectivity index is 2.01. The number of nitrogens with one attached hydrogen (secondary N) is 1. The third kappa shape index (κ3) is 1.63. The number of hydrogen-bond donors (Lipinski definition) is 1. The summed E-state index contributed by atoms with van der Waals surface area (Å²) in [4.78, 5) is 0. The van der Waals surface area contributed by atoms with E-state index in [4.69, 9.17) is 4.74 Å². The first-order chi connectivity index (χ1) is 10.2. The van der Waals surface area contributed by atoms with Crippen molar-refractivity contribution in [1.82, 2.24) is 9.88 Å². The predicted octanol–water partition coefficient (Wildman–Crippen LogP) is 2.46. The number of benzene rings is 1. The molecule has 2 aliphatic rings. The molecule has 2 aliphatic heterocycles. The Morgan fingerprint density at radius 2 is 2.05 bits per heavy atom. The first-order valence-corrected chi connectivity index (χ1v) is 7.06. The standard InChI is InChI=1S/C16H14FN3O/c17-12-2-1-3-13-15(12)20-11(10-18)4-5-14(20)16(21-13)6-8-19-9-7-16/h1-5,19H,6-9H2. The van der Waals surface area contributed by atoms with Crippen molar-refractivity contribution >= 4 is 0 Å². The van der Waals surface area contributed by atoms with Crippen molar-refractivity contribution in [3.05, 3.63) is 47.5 Å². The van der Waals surface area contributed by atoms with Gasteiger partial charge >= 0.3 is 0 Å². The highest BCUT2D eigenvalue weighted by atomic mass is 19.1. The van der Waals surface area contributed by atoms with Crippen LogP contribution in [0.4, 0.5) is 4.39 Å². The van der Waals surface area contributed by atoms with E-state index in [9.17, 15) is 9.65 Å². The van der Waals surface area contributed by atoms with Gasteiger partial charge in [0, 0.05) is 12.8 Å². The van der Waals surface area contributed by atoms with Crippen molar-refractivity contribution in [2.45, 2.75) is 18.4 Å². The molecule has 5 heteroatoms. The fraction of sp³-hybridized carbons (Fsp3) is 0.312. The van der Waals surface area contributed by atoms with Gasteiger partial charge in [0.05, 0.1) is 5.69 Å². The van der Waals surface area contributed by atoms with Gasteiger partial charge in [-0.15, -0.1) is 0 Å². The molecule has 2 aromatic rings. The van der Waals surface area contributed by atoms with Crippen LogP contribution in [0.1, 0.15) is 24.2 Å². The number of rotatable bonds is 0. The van der Waals surface area contributed by atoms with Crippen LogP contribution in [0.2, 0.25) is 0 Å². The molecule has 4 rings (SSSR count). The number of piperidine rings is 1. The van der Waals surface area contributed by atoms with E-state index >= 15 is 0 Å². The van der Waals surface area contributed by atoms with Crippen LogP contribution in [0.15, 0.2) is 30.3 Å². The Hall–Kier alpha value is -2.32. The smallest absolute Gasteiger partial charge is 0.152 e. The topological polar surface area (TPSA) is 50.0 Å². The lowest BCUT2D eigenvalue weighted by molar-refractivity contribution is 0.0196. The Kier molecular flexibility index (Phi) is 2.57. The molecule has 0 bridgehead atoms. The van der Waals surface area contributed by atoms with Crippen molar-refractivity contribution in [3.8, 4) is 17.5 Å². The molecule has 1 aromatic carbocycles. The summed E-state index contributed by atoms with van der Waals surface area (Å²) in [6, 6.07) is 10.6. The summed E-state index contributed by atoms with van der Waals surface area (Å²) >= 11 is 0. The molecular weight excluding hydrogens is 269 g/mol. The lowest BCUT2D eigenvalue weighted by Gasteiger charge is -2.42. The van der Waals surface area contributed by atoms with Crippen LogP contribution in [0.25, 0.3) is 5.69 Å². The van der Waals surface area contributed by atoms with E-state index in [0.717, 1.165) is 31.6 Å². The lowest BCUT2D eigenvalue weighted by atomic mass is 9.87. The first-order valence-electron chi connectivity index (χ1n) is 7.06. The first kappa shape index (κ1) is 12.4. The molecule has 106 valence electrons. The summed E-state index contributed by atoms with van der Waals surface area (Å²) in [7, 11) is 0. The molecule has 0 radical (unpaired) electrons. The molecule has 1 aromatic heterocycles. The second kappa shape index (κ2) is 4.34. The van der Waals surface area contributed by atoms with Crippen molar-refractivity contribution in [2.24, 2.45) is 0 Å². The van der Waals surface area contributed by atoms with E-state index in [-0.39, 0.29) is 5.82 Å². The van der Waals surface area contributed by atoms with Gasteiger partial charge in [0.2, 0.25) is 0 Å². The number of nitrogens with zero attached hydrogens (tertiary/aromatic N) is 2. The van der Waals surface area contributed by atoms with E-state index in [2.05, 4.69) is 11.4 Å². The summed E-state index contributed by atoms with van der Waals surface area (Å²) in [6.45, 7) is 1.69. The normalized spacial score (nSPS) is 18.5. The molecule has 1 fully saturated rings. The molecule has 1 spiro atoms. The second-order valence-electron chi connectivity index (χ2n) is 5.48. The van der Waals surface area contributed by atoms with Gasteiger partial charge in [-0.1, -0.05) is 6.07 Å². The van der Waals surface area contributed by atoms with Crippen LogP contribution in [0.5, 0.6) is 5.75 Å². The van der Waals surface area contributed by atoms with E-state index in [1.807, 2.05) is 6.07 Å². The van der Waals surface area contributed by atoms with Crippen molar-refractivity contribution < 1.29 is 9.13 Å². The Bertz CT molecular complexity index is 753. The van der Waals surface area contributed by atoms with Crippen LogP contribution < -0.4 is 10.1 Å². The monoisotopic (exact) mass is 283 g/mol. The third-order valence-electron chi connectivity index (χ3n) is 4.35. The summed E-state index contributed by atoms with van der Waals surface area (Å²) in [5.41, 5.74) is 1.19. The van der Waals surface area contributed by atoms with Crippen molar-refractivity contribution in [1.29, 1.82) is 5.26 Å². The molecule has 0 amide bonds. The molecule has 0 aliphatic carbocycles. The number of halogens is 1. The maximum Gasteiger partial charge on any atom is 0.152 e. The minimum Gasteiger partial charge on any atom is -0.479 e. The van der Waals surface area contributed by atoms with Crippen LogP contribution >= 0.6 is 0 Å². The van der Waals surface area contributed by atoms with Gasteiger partial charge in [0.1, 0.15) is 23.2 Å². The van der Waals surface area contributed by atoms with Crippen molar-refractivity contribution in [3.63, 3.8) is 0 Å². The van der Waals surface area contributed by atoms with E-state index in [1.54, 1.807) is 22.8 Å². The molecule has 0 unspecified atom stereocenters. The molecule has 3 heterocycles. The molecule has 1 N–H and O–H groups in total. The highest BCUT2D eigenvalue weighted by Crippen LogP contribution is 2.45. The summed E-state index contributed by atoms with van der Waals surface area (Å²) < 4.78 is 22.2. The van der Waals surface area contributed by atoms with E-state index < -0.39 is 5.60 Å². The second-order valence-corrected chi connectivity index (χ2v) is 5.48.